The molecule has 2 rings (SSSR count). The summed E-state index contributed by atoms with van der Waals surface area (Å²) in [5.41, 5.74) is 4.37. The second kappa shape index (κ2) is 45.7. The topological polar surface area (TPSA) is 234 Å². The van der Waals surface area contributed by atoms with Crippen molar-refractivity contribution in [1.29, 1.82) is 0 Å². The van der Waals surface area contributed by atoms with Gasteiger partial charge in [-0.05, 0) is 99.4 Å². The van der Waals surface area contributed by atoms with Crippen LogP contribution >= 0.6 is 11.6 Å². The van der Waals surface area contributed by atoms with Gasteiger partial charge in [0.1, 0.15) is 30.5 Å². The van der Waals surface area contributed by atoms with Gasteiger partial charge in [-0.2, -0.15) is 0 Å². The fourth-order valence-corrected chi connectivity index (χ4v) is 5.12. The molecule has 2 atom stereocenters. The Morgan fingerprint density at radius 2 is 0.867 bits per heavy atom. The molecule has 19 heteroatoms. The molecule has 0 saturated heterocycles. The van der Waals surface area contributed by atoms with Crippen molar-refractivity contribution in [2.45, 2.75) is 106 Å². The van der Waals surface area contributed by atoms with Crippen LogP contribution in [-0.4, -0.2) is 176 Å². The van der Waals surface area contributed by atoms with E-state index in [4.69, 9.17) is 79.0 Å². The van der Waals surface area contributed by atoms with Gasteiger partial charge in [0, 0.05) is 16.7 Å². The molecule has 0 bridgehead atoms. The Morgan fingerprint density at radius 1 is 0.547 bits per heavy atom. The summed E-state index contributed by atoms with van der Waals surface area (Å²) >= 11 is 4.87. The number of halogens is 1. The summed E-state index contributed by atoms with van der Waals surface area (Å²) in [6, 6.07) is 10.7. The third-order valence-corrected chi connectivity index (χ3v) is 9.40. The van der Waals surface area contributed by atoms with Crippen LogP contribution in [0.25, 0.3) is 0 Å². The van der Waals surface area contributed by atoms with Gasteiger partial charge in [-0.25, -0.2) is 9.59 Å². The summed E-state index contributed by atoms with van der Waals surface area (Å²) in [6.07, 6.45) is -0.0723. The predicted molar refractivity (Wildman–Crippen MR) is 292 cm³/mol. The van der Waals surface area contributed by atoms with E-state index in [9.17, 15) is 19.5 Å². The fraction of sp³-hybridized carbons (Fsp3) is 0.625. The zero-order chi connectivity index (χ0) is 57.8. The van der Waals surface area contributed by atoms with Crippen LogP contribution in [-0.2, 0) is 72.6 Å². The number of aliphatic hydroxyl groups is 2. The first kappa shape index (κ1) is 74.8. The van der Waals surface area contributed by atoms with Gasteiger partial charge in [0.15, 0.2) is 0 Å². The lowest BCUT2D eigenvalue weighted by molar-refractivity contribution is -0.141. The minimum Gasteiger partial charge on any atom is -0.508 e. The van der Waals surface area contributed by atoms with Crippen molar-refractivity contribution in [2.24, 2.45) is 0 Å². The maximum atomic E-state index is 11.1. The second-order valence-corrected chi connectivity index (χ2v) is 19.0. The Morgan fingerprint density at radius 3 is 1.17 bits per heavy atom. The van der Waals surface area contributed by atoms with Crippen LogP contribution in [0, 0.1) is 6.92 Å². The van der Waals surface area contributed by atoms with E-state index >= 15 is 0 Å². The Balaban J connectivity index is -0.000000934. The summed E-state index contributed by atoms with van der Waals surface area (Å²) in [7, 11) is 1.59. The maximum absolute atomic E-state index is 11.1. The van der Waals surface area contributed by atoms with Crippen molar-refractivity contribution in [3.05, 3.63) is 89.5 Å². The van der Waals surface area contributed by atoms with Crippen LogP contribution in [0.2, 0.25) is 0 Å². The van der Waals surface area contributed by atoms with Crippen LogP contribution in [0.1, 0.15) is 92.9 Å². The smallest absolute Gasteiger partial charge is 0.333 e. The monoisotopic (exact) mass is 1090 g/mol. The lowest BCUT2D eigenvalue weighted by Crippen LogP contribution is -2.21. The van der Waals surface area contributed by atoms with Crippen LogP contribution in [0.5, 0.6) is 17.2 Å². The maximum Gasteiger partial charge on any atom is 0.333 e. The third-order valence-electron chi connectivity index (χ3n) is 9.08. The lowest BCUT2D eigenvalue weighted by Gasteiger charge is -2.27. The molecule has 0 aromatic heterocycles. The van der Waals surface area contributed by atoms with Gasteiger partial charge in [0.05, 0.1) is 125 Å². The molecule has 0 aliphatic rings. The van der Waals surface area contributed by atoms with E-state index in [1.807, 2.05) is 13.8 Å². The second-order valence-electron chi connectivity index (χ2n) is 18.7. The Bertz CT molecular complexity index is 1790. The van der Waals surface area contributed by atoms with Crippen LogP contribution < -0.4 is 4.74 Å². The average molecular weight is 1090 g/mol. The molecular formula is C56H93ClO18. The van der Waals surface area contributed by atoms with E-state index in [2.05, 4.69) is 80.3 Å². The fourth-order valence-electron chi connectivity index (χ4n) is 5.12. The van der Waals surface area contributed by atoms with Crippen molar-refractivity contribution in [2.75, 3.05) is 126 Å². The SMILES string of the molecule is C=C(C)C(=O)Cl.C=C(C)C(=O)OCCOCCOCC(C)OCCOCCOC(=O)C(=C)C.CC(COCCOCCO)OCCOCCO.COc1ccc(O)cc1.Cc1cc(C(C)(C)C)c(O)c(C(C)(C)C)c1. The van der Waals surface area contributed by atoms with E-state index in [1.165, 1.54) is 5.56 Å². The molecule has 0 fully saturated rings. The average Bonchev–Trinajstić information content (AvgIpc) is 3.33. The highest BCUT2D eigenvalue weighted by atomic mass is 35.5. The van der Waals surface area contributed by atoms with Crippen LogP contribution in [0.15, 0.2) is 72.9 Å². The number of aromatic hydroxyl groups is 2. The summed E-state index contributed by atoms with van der Waals surface area (Å²) in [4.78, 5) is 32.0. The molecule has 0 aliphatic heterocycles. The number of phenolic OH excluding ortho intramolecular Hbond substituents is 2. The summed E-state index contributed by atoms with van der Waals surface area (Å²) < 4.78 is 56.9. The van der Waals surface area contributed by atoms with Crippen molar-refractivity contribution in [3.63, 3.8) is 0 Å². The summed E-state index contributed by atoms with van der Waals surface area (Å²) in [5, 5.41) is 35.6. The highest BCUT2D eigenvalue weighted by molar-refractivity contribution is 6.67. The van der Waals surface area contributed by atoms with E-state index < -0.39 is 17.2 Å². The first-order valence-electron chi connectivity index (χ1n) is 24.7. The molecule has 432 valence electrons. The number of benzene rings is 2. The van der Waals surface area contributed by atoms with E-state index in [-0.39, 0.29) is 55.2 Å². The number of methoxy groups -OCH3 is 1. The molecule has 0 heterocycles. The zero-order valence-electron chi connectivity index (χ0n) is 47.4. The molecule has 4 N–H and O–H groups in total. The zero-order valence-corrected chi connectivity index (χ0v) is 48.1. The van der Waals surface area contributed by atoms with Crippen LogP contribution in [0.4, 0.5) is 0 Å². The van der Waals surface area contributed by atoms with Gasteiger partial charge in [-0.15, -0.1) is 0 Å². The number of ether oxygens (including phenoxy) is 11. The number of carbonyl (C=O) groups excluding carboxylic acids is 3. The number of phenols is 2. The number of carbonyl (C=O) groups is 3. The molecule has 2 unspecified atom stereocenters. The third kappa shape index (κ3) is 45.5. The molecular weight excluding hydrogens is 996 g/mol. The molecule has 0 saturated carbocycles. The van der Waals surface area contributed by atoms with Gasteiger partial charge in [0.2, 0.25) is 5.24 Å². The molecule has 0 aliphatic carbocycles. The van der Waals surface area contributed by atoms with Gasteiger partial charge in [-0.3, -0.25) is 4.79 Å². The van der Waals surface area contributed by atoms with E-state index in [0.29, 0.717) is 115 Å². The van der Waals surface area contributed by atoms with E-state index in [1.54, 1.807) is 52.1 Å². The molecule has 0 spiro atoms. The first-order chi connectivity index (χ1) is 35.1. The number of esters is 2. The van der Waals surface area contributed by atoms with E-state index in [0.717, 1.165) is 16.9 Å². The molecule has 0 radical (unpaired) electrons. The number of hydrogen-bond donors (Lipinski definition) is 4. The van der Waals surface area contributed by atoms with Crippen molar-refractivity contribution in [3.8, 4) is 17.2 Å². The number of hydrogen-bond acceptors (Lipinski definition) is 18. The minimum atomic E-state index is -0.463. The quantitative estimate of drug-likeness (QED) is 0.0234. The highest BCUT2D eigenvalue weighted by Crippen LogP contribution is 2.39. The molecule has 0 amide bonds. The molecule has 2 aromatic rings. The standard InChI is InChI=1S/C19H32O8.C15H24O.C11H24O6.C7H8O2.C4H5ClO/c1-15(2)18(20)26-12-9-22-6-7-24-14-17(5)25-11-8-23-10-13-27-19(21)16(3)4;1-10-8-11(14(2,3)4)13(16)12(9-10)15(5,6)7;1-11(17-9-8-15-5-3-13)10-16-7-6-14-4-2-12;1-9-7-4-2-6(8)3-5-7;1-3(2)4(5)6/h17H,1,3,6-14H2,2,4-5H3;8-9,16H,1-7H3;11-13H,2-10H2,1H3;2-5,8H,1H3;1H2,2H3. The van der Waals surface area contributed by atoms with Crippen molar-refractivity contribution < 1.29 is 86.9 Å². The van der Waals surface area contributed by atoms with Gasteiger partial charge in [0.25, 0.3) is 0 Å². The molecule has 75 heavy (non-hydrogen) atoms. The lowest BCUT2D eigenvalue weighted by atomic mass is 9.78. The molecule has 2 aromatic carbocycles. The van der Waals surface area contributed by atoms with Gasteiger partial charge >= 0.3 is 11.9 Å². The van der Waals surface area contributed by atoms with Crippen molar-refractivity contribution in [1.82, 2.24) is 0 Å². The summed E-state index contributed by atoms with van der Waals surface area (Å²) in [5.74, 6) is 0.643. The van der Waals surface area contributed by atoms with Gasteiger partial charge in [-0.1, -0.05) is 79.0 Å². The Labute approximate surface area is 453 Å². The number of allylic oxidation sites excluding steroid dienone is 1. The predicted octanol–water partition coefficient (Wildman–Crippen LogP) is 8.13. The normalized spacial score (nSPS) is 11.6. The van der Waals surface area contributed by atoms with Crippen LogP contribution in [0.3, 0.4) is 0 Å². The van der Waals surface area contributed by atoms with Gasteiger partial charge < -0.3 is 72.5 Å². The Hall–Kier alpha value is -4.44. The first-order valence-corrected chi connectivity index (χ1v) is 25.1. The number of rotatable bonds is 32. The number of aliphatic hydroxyl groups excluding tert-OH is 2. The molecule has 18 nitrogen and oxygen atoms in total. The minimum absolute atomic E-state index is 0.00516. The number of aryl methyl sites for hydroxylation is 1. The van der Waals surface area contributed by atoms with Crippen molar-refractivity contribution >= 4 is 28.8 Å². The highest BCUT2D eigenvalue weighted by Gasteiger charge is 2.25. The Kier molecular flexibility index (Phi) is 45.6. The summed E-state index contributed by atoms with van der Waals surface area (Å²) in [6.45, 7) is 40.0. The largest absolute Gasteiger partial charge is 0.508 e.